The maximum Gasteiger partial charge on any atom is 0.303 e. The summed E-state index contributed by atoms with van der Waals surface area (Å²) in [6.45, 7) is 15.3. The van der Waals surface area contributed by atoms with Gasteiger partial charge in [0.05, 0.1) is 12.2 Å². The molecule has 0 saturated carbocycles. The van der Waals surface area contributed by atoms with Crippen LogP contribution in [0.15, 0.2) is 12.2 Å². The predicted molar refractivity (Wildman–Crippen MR) is 111 cm³/mol. The minimum absolute atomic E-state index is 0.158. The van der Waals surface area contributed by atoms with Gasteiger partial charge in [0.25, 0.3) is 0 Å². The standard InChI is InChI=1S/C23H42O4/c1-8-9-10-11-12-13-14-20(22(3,4)5)23(6,7)27-21-16-15-19(17-25-21)26-18(2)24/h15-16,19-21H,8-14,17H2,1-7H3. The van der Waals surface area contributed by atoms with Crippen LogP contribution < -0.4 is 0 Å². The van der Waals surface area contributed by atoms with Gasteiger partial charge in [-0.15, -0.1) is 0 Å². The van der Waals surface area contributed by atoms with Gasteiger partial charge in [-0.25, -0.2) is 0 Å². The first kappa shape index (κ1) is 24.2. The van der Waals surface area contributed by atoms with Crippen molar-refractivity contribution in [3.63, 3.8) is 0 Å². The molecule has 4 nitrogen and oxygen atoms in total. The molecule has 0 spiro atoms. The summed E-state index contributed by atoms with van der Waals surface area (Å²) in [7, 11) is 0. The van der Waals surface area contributed by atoms with Crippen molar-refractivity contribution in [3.05, 3.63) is 12.2 Å². The third-order valence-electron chi connectivity index (χ3n) is 5.38. The molecule has 1 aliphatic heterocycles. The zero-order chi connectivity index (χ0) is 20.5. The molecule has 0 saturated heterocycles. The van der Waals surface area contributed by atoms with Crippen LogP contribution in [0.2, 0.25) is 0 Å². The van der Waals surface area contributed by atoms with Crippen LogP contribution >= 0.6 is 0 Å². The molecule has 3 unspecified atom stereocenters. The van der Waals surface area contributed by atoms with E-state index in [0.29, 0.717) is 12.5 Å². The van der Waals surface area contributed by atoms with E-state index < -0.39 is 0 Å². The van der Waals surface area contributed by atoms with Gasteiger partial charge in [-0.3, -0.25) is 4.79 Å². The summed E-state index contributed by atoms with van der Waals surface area (Å²) in [6, 6.07) is 0. The van der Waals surface area contributed by atoms with E-state index in [9.17, 15) is 4.79 Å². The Kier molecular flexibility index (Phi) is 10.0. The molecule has 0 amide bonds. The van der Waals surface area contributed by atoms with Crippen LogP contribution in [-0.4, -0.2) is 30.6 Å². The number of hydrogen-bond donors (Lipinski definition) is 0. The van der Waals surface area contributed by atoms with Gasteiger partial charge in [-0.1, -0.05) is 66.2 Å². The van der Waals surface area contributed by atoms with Crippen LogP contribution in [0.1, 0.15) is 93.4 Å². The van der Waals surface area contributed by atoms with Crippen LogP contribution in [-0.2, 0) is 19.0 Å². The lowest BCUT2D eigenvalue weighted by molar-refractivity contribution is -0.217. The molecule has 158 valence electrons. The molecule has 1 heterocycles. The van der Waals surface area contributed by atoms with Crippen molar-refractivity contribution in [2.45, 2.75) is 111 Å². The molecule has 0 bridgehead atoms. The molecule has 27 heavy (non-hydrogen) atoms. The van der Waals surface area contributed by atoms with Crippen LogP contribution in [0.4, 0.5) is 0 Å². The molecule has 1 aliphatic rings. The fraction of sp³-hybridized carbons (Fsp3) is 0.870. The van der Waals surface area contributed by atoms with E-state index in [1.165, 1.54) is 45.4 Å². The summed E-state index contributed by atoms with van der Waals surface area (Å²) in [5.74, 6) is 0.138. The van der Waals surface area contributed by atoms with E-state index in [0.717, 1.165) is 6.42 Å². The van der Waals surface area contributed by atoms with E-state index in [4.69, 9.17) is 14.2 Å². The lowest BCUT2D eigenvalue weighted by atomic mass is 9.69. The number of carbonyl (C=O) groups is 1. The predicted octanol–water partition coefficient (Wildman–Crippen LogP) is 6.04. The van der Waals surface area contributed by atoms with Crippen molar-refractivity contribution in [1.82, 2.24) is 0 Å². The molecular weight excluding hydrogens is 340 g/mol. The topological polar surface area (TPSA) is 44.8 Å². The van der Waals surface area contributed by atoms with Crippen LogP contribution in [0.25, 0.3) is 0 Å². The molecular formula is C23H42O4. The zero-order valence-electron chi connectivity index (χ0n) is 18.7. The maximum absolute atomic E-state index is 11.1. The molecule has 0 fully saturated rings. The Hall–Kier alpha value is -0.870. The number of ether oxygens (including phenoxy) is 3. The van der Waals surface area contributed by atoms with Crippen molar-refractivity contribution in [2.24, 2.45) is 11.3 Å². The zero-order valence-corrected chi connectivity index (χ0v) is 18.7. The van der Waals surface area contributed by atoms with Gasteiger partial charge in [0.1, 0.15) is 6.10 Å². The SMILES string of the molecule is CCCCCCCCC(C(C)(C)C)C(C)(C)OC1C=CC(OC(C)=O)CO1. The Morgan fingerprint density at radius 2 is 1.70 bits per heavy atom. The highest BCUT2D eigenvalue weighted by Gasteiger charge is 2.40. The van der Waals surface area contributed by atoms with E-state index in [1.54, 1.807) is 0 Å². The van der Waals surface area contributed by atoms with Gasteiger partial charge in [0.15, 0.2) is 6.29 Å². The lowest BCUT2D eigenvalue weighted by Gasteiger charge is -2.44. The number of rotatable bonds is 11. The molecule has 4 heteroatoms. The minimum Gasteiger partial charge on any atom is -0.456 e. The van der Waals surface area contributed by atoms with Crippen LogP contribution in [0, 0.1) is 11.3 Å². The van der Waals surface area contributed by atoms with Gasteiger partial charge >= 0.3 is 5.97 Å². The summed E-state index contributed by atoms with van der Waals surface area (Å²) < 4.78 is 17.3. The highest BCUT2D eigenvalue weighted by Crippen LogP contribution is 2.41. The number of esters is 1. The van der Waals surface area contributed by atoms with Crippen molar-refractivity contribution in [1.29, 1.82) is 0 Å². The van der Waals surface area contributed by atoms with Crippen LogP contribution in [0.3, 0.4) is 0 Å². The molecule has 0 aromatic heterocycles. The van der Waals surface area contributed by atoms with E-state index >= 15 is 0 Å². The molecule has 3 atom stereocenters. The monoisotopic (exact) mass is 382 g/mol. The lowest BCUT2D eigenvalue weighted by Crippen LogP contribution is -2.45. The quantitative estimate of drug-likeness (QED) is 0.248. The summed E-state index contributed by atoms with van der Waals surface area (Å²) in [4.78, 5) is 11.1. The summed E-state index contributed by atoms with van der Waals surface area (Å²) in [5, 5.41) is 0. The largest absolute Gasteiger partial charge is 0.456 e. The van der Waals surface area contributed by atoms with E-state index in [-0.39, 0.29) is 29.4 Å². The average molecular weight is 383 g/mol. The van der Waals surface area contributed by atoms with Crippen molar-refractivity contribution >= 4 is 5.97 Å². The van der Waals surface area contributed by atoms with Gasteiger partial charge in [-0.05, 0) is 43.8 Å². The van der Waals surface area contributed by atoms with Gasteiger partial charge in [0.2, 0.25) is 0 Å². The molecule has 0 aromatic rings. The first-order valence-electron chi connectivity index (χ1n) is 10.7. The normalized spacial score (nSPS) is 21.9. The second-order valence-electron chi connectivity index (χ2n) is 9.43. The van der Waals surface area contributed by atoms with Crippen molar-refractivity contribution in [2.75, 3.05) is 6.61 Å². The van der Waals surface area contributed by atoms with Crippen molar-refractivity contribution < 1.29 is 19.0 Å². The second kappa shape index (κ2) is 11.2. The van der Waals surface area contributed by atoms with E-state index in [2.05, 4.69) is 41.5 Å². The first-order valence-corrected chi connectivity index (χ1v) is 10.7. The molecule has 0 N–H and O–H groups in total. The average Bonchev–Trinajstić information content (AvgIpc) is 2.53. The minimum atomic E-state index is -0.388. The third kappa shape index (κ3) is 9.25. The van der Waals surface area contributed by atoms with Crippen molar-refractivity contribution in [3.8, 4) is 0 Å². The van der Waals surface area contributed by atoms with Gasteiger partial charge < -0.3 is 14.2 Å². The number of carbonyl (C=O) groups excluding carboxylic acids is 1. The second-order valence-corrected chi connectivity index (χ2v) is 9.43. The fourth-order valence-electron chi connectivity index (χ4n) is 4.21. The Balaban J connectivity index is 2.59. The maximum atomic E-state index is 11.1. The van der Waals surface area contributed by atoms with Gasteiger partial charge in [-0.2, -0.15) is 0 Å². The molecule has 1 rings (SSSR count). The molecule has 0 aliphatic carbocycles. The Morgan fingerprint density at radius 1 is 1.07 bits per heavy atom. The highest BCUT2D eigenvalue weighted by molar-refractivity contribution is 5.66. The Labute approximate surface area is 167 Å². The smallest absolute Gasteiger partial charge is 0.303 e. The number of hydrogen-bond acceptors (Lipinski definition) is 4. The highest BCUT2D eigenvalue weighted by atomic mass is 16.7. The Bertz CT molecular complexity index is 461. The fourth-order valence-corrected chi connectivity index (χ4v) is 4.21. The van der Waals surface area contributed by atoms with E-state index in [1.807, 2.05) is 12.2 Å². The Morgan fingerprint density at radius 3 is 2.22 bits per heavy atom. The first-order chi connectivity index (χ1) is 12.6. The summed E-state index contributed by atoms with van der Waals surface area (Å²) in [5.41, 5.74) is -0.142. The van der Waals surface area contributed by atoms with Crippen LogP contribution in [0.5, 0.6) is 0 Å². The molecule has 0 aromatic carbocycles. The number of unbranched alkanes of at least 4 members (excludes halogenated alkanes) is 5. The van der Waals surface area contributed by atoms with Gasteiger partial charge in [0, 0.05) is 6.92 Å². The summed E-state index contributed by atoms with van der Waals surface area (Å²) >= 11 is 0. The molecule has 0 radical (unpaired) electrons. The third-order valence-corrected chi connectivity index (χ3v) is 5.38. The summed E-state index contributed by atoms with van der Waals surface area (Å²) in [6.07, 6.45) is 12.0.